The number of aryl methyl sites for hydroxylation is 1. The number of hydrogen-bond acceptors (Lipinski definition) is 8. The van der Waals surface area contributed by atoms with E-state index in [4.69, 9.17) is 20.3 Å². The quantitative estimate of drug-likeness (QED) is 0.126. The van der Waals surface area contributed by atoms with E-state index in [1.165, 1.54) is 23.8 Å². The lowest BCUT2D eigenvalue weighted by molar-refractivity contribution is 0.286. The number of rotatable bonds is 19. The van der Waals surface area contributed by atoms with Crippen molar-refractivity contribution >= 4 is 24.6 Å². The zero-order valence-electron chi connectivity index (χ0n) is 22.2. The number of fused-ring (bicyclic) bond motifs is 1. The van der Waals surface area contributed by atoms with Gasteiger partial charge in [0, 0.05) is 12.7 Å². The Bertz CT molecular complexity index is 1230. The van der Waals surface area contributed by atoms with Gasteiger partial charge in [0.2, 0.25) is 0 Å². The Labute approximate surface area is 222 Å². The molecule has 3 aromatic heterocycles. The fourth-order valence-electron chi connectivity index (χ4n) is 4.24. The average Bonchev–Trinajstić information content (AvgIpc) is 3.44. The van der Waals surface area contributed by atoms with Crippen molar-refractivity contribution in [1.29, 1.82) is 0 Å². The molecule has 0 amide bonds. The molecule has 0 atom stereocenters. The van der Waals surface area contributed by atoms with Gasteiger partial charge in [-0.25, -0.2) is 4.79 Å². The number of imidazole rings is 1. The van der Waals surface area contributed by atoms with Crippen LogP contribution in [0.1, 0.15) is 89.7 Å². The molecule has 38 heavy (non-hydrogen) atoms. The Morgan fingerprint density at radius 1 is 1.00 bits per heavy atom. The van der Waals surface area contributed by atoms with Crippen LogP contribution < -0.4 is 16.2 Å². The van der Waals surface area contributed by atoms with Crippen LogP contribution in [0.15, 0.2) is 11.0 Å². The number of H-pyrrole nitrogens is 1. The summed E-state index contributed by atoms with van der Waals surface area (Å²) in [7, 11) is -3.83. The molecule has 0 fully saturated rings. The monoisotopic (exact) mass is 552 g/mol. The van der Waals surface area contributed by atoms with Crippen molar-refractivity contribution < 1.29 is 19.1 Å². The third-order valence-corrected chi connectivity index (χ3v) is 7.25. The lowest BCUT2D eigenvalue weighted by Crippen LogP contribution is -2.18. The fraction of sp³-hybridized carbons (Fsp3) is 0.708. The molecule has 5 N–H and O–H groups in total. The molecule has 0 spiro atoms. The van der Waals surface area contributed by atoms with Gasteiger partial charge in [0.15, 0.2) is 11.5 Å². The van der Waals surface area contributed by atoms with Gasteiger partial charge >= 0.3 is 19.3 Å². The zero-order valence-corrected chi connectivity index (χ0v) is 23.1. The number of anilines is 1. The Balaban J connectivity index is 1.37. The van der Waals surface area contributed by atoms with Gasteiger partial charge in [0.25, 0.3) is 0 Å². The predicted octanol–water partition coefficient (Wildman–Crippen LogP) is 3.60. The molecule has 0 bridgehead atoms. The molecule has 0 saturated carbocycles. The Morgan fingerprint density at radius 2 is 1.66 bits per heavy atom. The molecule has 13 nitrogen and oxygen atoms in total. The van der Waals surface area contributed by atoms with E-state index < -0.39 is 7.60 Å². The van der Waals surface area contributed by atoms with E-state index in [2.05, 4.69) is 32.2 Å². The molecular weight excluding hydrogens is 511 g/mol. The summed E-state index contributed by atoms with van der Waals surface area (Å²) in [6.45, 7) is 3.52. The number of ether oxygens (including phenoxy) is 1. The molecule has 0 unspecified atom stereocenters. The SMILES string of the molecule is CCCCOc1nc(N)c2[nH]c(=O)n(Cc3cn(CCCCCCCCCCCCP(=O)(O)O)nn3)c2n1. The van der Waals surface area contributed by atoms with Crippen LogP contribution in [0.25, 0.3) is 11.2 Å². The van der Waals surface area contributed by atoms with E-state index in [1.54, 1.807) is 4.68 Å². The second-order valence-corrected chi connectivity index (χ2v) is 11.5. The summed E-state index contributed by atoms with van der Waals surface area (Å²) in [5, 5.41) is 8.42. The fourth-order valence-corrected chi connectivity index (χ4v) is 4.87. The Kier molecular flexibility index (Phi) is 11.8. The first-order valence-corrected chi connectivity index (χ1v) is 15.4. The van der Waals surface area contributed by atoms with Crippen LogP contribution in [0.3, 0.4) is 0 Å². The maximum absolute atomic E-state index is 12.6. The van der Waals surface area contributed by atoms with E-state index in [1.807, 2.05) is 6.20 Å². The second-order valence-electron chi connectivity index (χ2n) is 9.71. The summed E-state index contributed by atoms with van der Waals surface area (Å²) in [6, 6.07) is 0.151. The summed E-state index contributed by atoms with van der Waals surface area (Å²) in [5.74, 6) is 0.166. The molecule has 3 aromatic rings. The third-order valence-electron chi connectivity index (χ3n) is 6.35. The summed E-state index contributed by atoms with van der Waals surface area (Å²) in [4.78, 5) is 41.5. The Hall–Kier alpha value is -2.76. The lowest BCUT2D eigenvalue weighted by atomic mass is 10.1. The molecular formula is C24H41N8O5P. The van der Waals surface area contributed by atoms with E-state index >= 15 is 0 Å². The maximum atomic E-state index is 12.6. The number of nitrogens with two attached hydrogens (primary N) is 1. The standard InChI is InChI=1S/C24H41N8O5P/c1-2-3-15-37-23-27-21(25)20-22(28-23)32(24(33)26-20)18-19-17-31(30-29-19)14-12-10-8-6-4-5-7-9-11-13-16-38(34,35)36/h17H,2-16,18H2,1H3,(H,26,33)(H2,25,27,28)(H2,34,35,36). The molecule has 0 saturated heterocycles. The van der Waals surface area contributed by atoms with Gasteiger partial charge < -0.3 is 25.2 Å². The van der Waals surface area contributed by atoms with Gasteiger partial charge in [0.1, 0.15) is 11.2 Å². The van der Waals surface area contributed by atoms with Crippen molar-refractivity contribution in [1.82, 2.24) is 34.5 Å². The van der Waals surface area contributed by atoms with Gasteiger partial charge in [0.05, 0.1) is 19.3 Å². The highest BCUT2D eigenvalue weighted by atomic mass is 31.2. The van der Waals surface area contributed by atoms with Gasteiger partial charge in [-0.1, -0.05) is 69.9 Å². The minimum absolute atomic E-state index is 0.00131. The minimum atomic E-state index is -3.83. The van der Waals surface area contributed by atoms with Crippen molar-refractivity contribution in [2.45, 2.75) is 97.1 Å². The van der Waals surface area contributed by atoms with Gasteiger partial charge in [-0.2, -0.15) is 9.97 Å². The van der Waals surface area contributed by atoms with Crippen molar-refractivity contribution in [2.75, 3.05) is 18.5 Å². The maximum Gasteiger partial charge on any atom is 0.328 e. The number of nitrogens with zero attached hydrogens (tertiary/aromatic N) is 6. The molecule has 0 aliphatic rings. The molecule has 0 aliphatic heterocycles. The number of unbranched alkanes of at least 4 members (excludes halogenated alkanes) is 10. The van der Waals surface area contributed by atoms with Crippen molar-refractivity contribution in [2.24, 2.45) is 0 Å². The number of hydrogen-bond donors (Lipinski definition) is 4. The van der Waals surface area contributed by atoms with Crippen molar-refractivity contribution in [3.05, 3.63) is 22.4 Å². The highest BCUT2D eigenvalue weighted by Crippen LogP contribution is 2.35. The highest BCUT2D eigenvalue weighted by molar-refractivity contribution is 7.51. The number of aromatic nitrogens is 7. The molecule has 3 heterocycles. The van der Waals surface area contributed by atoms with Crippen LogP contribution in [0.4, 0.5) is 5.82 Å². The Morgan fingerprint density at radius 3 is 2.32 bits per heavy atom. The molecule has 0 aromatic carbocycles. The highest BCUT2D eigenvalue weighted by Gasteiger charge is 2.16. The largest absolute Gasteiger partial charge is 0.463 e. The topological polar surface area (TPSA) is 187 Å². The first-order chi connectivity index (χ1) is 18.3. The van der Waals surface area contributed by atoms with E-state index in [9.17, 15) is 9.36 Å². The van der Waals surface area contributed by atoms with E-state index in [0.29, 0.717) is 29.9 Å². The van der Waals surface area contributed by atoms with Crippen LogP contribution in [0, 0.1) is 0 Å². The summed E-state index contributed by atoms with van der Waals surface area (Å²) < 4.78 is 19.7. The molecule has 0 aliphatic carbocycles. The van der Waals surface area contributed by atoms with Crippen LogP contribution in [0.2, 0.25) is 0 Å². The second kappa shape index (κ2) is 15.0. The van der Waals surface area contributed by atoms with Gasteiger partial charge in [-0.05, 0) is 19.3 Å². The molecule has 14 heteroatoms. The van der Waals surface area contributed by atoms with Crippen molar-refractivity contribution in [3.8, 4) is 6.01 Å². The van der Waals surface area contributed by atoms with Gasteiger partial charge in [-0.3, -0.25) is 13.8 Å². The third kappa shape index (κ3) is 9.85. The van der Waals surface area contributed by atoms with Crippen molar-refractivity contribution in [3.63, 3.8) is 0 Å². The number of aromatic amines is 1. The summed E-state index contributed by atoms with van der Waals surface area (Å²) >= 11 is 0. The first kappa shape index (κ1) is 29.8. The van der Waals surface area contributed by atoms with Crippen LogP contribution in [0.5, 0.6) is 6.01 Å². The zero-order chi connectivity index (χ0) is 27.4. The minimum Gasteiger partial charge on any atom is -0.463 e. The van der Waals surface area contributed by atoms with Crippen LogP contribution >= 0.6 is 7.60 Å². The number of nitrogen functional groups attached to an aromatic ring is 1. The predicted molar refractivity (Wildman–Crippen MR) is 145 cm³/mol. The normalized spacial score (nSPS) is 12.0. The molecule has 0 radical (unpaired) electrons. The van der Waals surface area contributed by atoms with Gasteiger partial charge in [-0.15, -0.1) is 5.10 Å². The first-order valence-electron chi connectivity index (χ1n) is 13.6. The lowest BCUT2D eigenvalue weighted by Gasteiger charge is -2.05. The number of nitrogens with one attached hydrogen (secondary N) is 1. The van der Waals surface area contributed by atoms with E-state index in [0.717, 1.165) is 57.9 Å². The molecule has 212 valence electrons. The van der Waals surface area contributed by atoms with E-state index in [-0.39, 0.29) is 30.2 Å². The summed E-state index contributed by atoms with van der Waals surface area (Å²) in [6.07, 6.45) is 14.1. The van der Waals surface area contributed by atoms with Crippen LogP contribution in [-0.2, 0) is 17.7 Å². The smallest absolute Gasteiger partial charge is 0.328 e. The molecule has 3 rings (SSSR count). The average molecular weight is 553 g/mol. The van der Waals surface area contributed by atoms with Crippen LogP contribution in [-0.4, -0.2) is 57.1 Å². The summed E-state index contributed by atoms with van der Waals surface area (Å²) in [5.41, 5.74) is 7.08.